The summed E-state index contributed by atoms with van der Waals surface area (Å²) in [6.45, 7) is 3.98. The summed E-state index contributed by atoms with van der Waals surface area (Å²) in [4.78, 5) is 26.9. The van der Waals surface area contributed by atoms with Gasteiger partial charge in [0.25, 0.3) is 0 Å². The normalized spacial score (nSPS) is 18.4. The fraction of sp³-hybridized carbons (Fsp3) is 0.429. The number of hydrogen-bond acceptors (Lipinski definition) is 3. The molecule has 1 N–H and O–H groups in total. The first kappa shape index (κ1) is 18.4. The number of carboxylic acids is 1. The first-order valence-electron chi connectivity index (χ1n) is 9.22. The Morgan fingerprint density at radius 2 is 1.88 bits per heavy atom. The molecule has 1 amide bonds. The Kier molecular flexibility index (Phi) is 5.89. The summed E-state index contributed by atoms with van der Waals surface area (Å²) in [5.74, 6) is -1.10. The number of carboxylic acid groups (broad SMARTS) is 1. The molecule has 5 heteroatoms. The van der Waals surface area contributed by atoms with Gasteiger partial charge in [0.05, 0.1) is 0 Å². The van der Waals surface area contributed by atoms with E-state index in [-0.39, 0.29) is 18.5 Å². The number of nitrogens with zero attached hydrogens (tertiary/aromatic N) is 2. The van der Waals surface area contributed by atoms with Gasteiger partial charge in [0.1, 0.15) is 6.54 Å². The minimum Gasteiger partial charge on any atom is -0.480 e. The molecule has 0 bridgehead atoms. The summed E-state index contributed by atoms with van der Waals surface area (Å²) in [5, 5.41) is 11.6. The number of amides is 1. The van der Waals surface area contributed by atoms with Gasteiger partial charge in [-0.2, -0.15) is 0 Å². The lowest BCUT2D eigenvalue weighted by molar-refractivity contribution is -0.145. The fourth-order valence-electron chi connectivity index (χ4n) is 3.92. The van der Waals surface area contributed by atoms with Crippen LogP contribution in [0.25, 0.3) is 10.8 Å². The van der Waals surface area contributed by atoms with Crippen molar-refractivity contribution in [2.75, 3.05) is 19.6 Å². The molecule has 5 nitrogen and oxygen atoms in total. The molecule has 1 heterocycles. The topological polar surface area (TPSA) is 60.9 Å². The predicted molar refractivity (Wildman–Crippen MR) is 102 cm³/mol. The van der Waals surface area contributed by atoms with Crippen LogP contribution in [0.15, 0.2) is 42.5 Å². The van der Waals surface area contributed by atoms with Crippen LogP contribution in [-0.2, 0) is 16.1 Å². The monoisotopic (exact) mass is 354 g/mol. The van der Waals surface area contributed by atoms with Crippen molar-refractivity contribution in [1.29, 1.82) is 0 Å². The van der Waals surface area contributed by atoms with Crippen LogP contribution in [0.2, 0.25) is 0 Å². The lowest BCUT2D eigenvalue weighted by Crippen LogP contribution is -2.42. The molecule has 0 aromatic heterocycles. The van der Waals surface area contributed by atoms with Gasteiger partial charge in [-0.15, -0.1) is 0 Å². The molecule has 0 spiro atoms. The van der Waals surface area contributed by atoms with Gasteiger partial charge < -0.3 is 10.0 Å². The Morgan fingerprint density at radius 1 is 1.12 bits per heavy atom. The molecule has 1 fully saturated rings. The van der Waals surface area contributed by atoms with Gasteiger partial charge in [0.2, 0.25) is 5.91 Å². The van der Waals surface area contributed by atoms with Gasteiger partial charge >= 0.3 is 5.97 Å². The van der Waals surface area contributed by atoms with Crippen LogP contribution in [0.4, 0.5) is 0 Å². The average Bonchev–Trinajstić information content (AvgIpc) is 2.85. The molecule has 0 aliphatic carbocycles. The second-order valence-corrected chi connectivity index (χ2v) is 7.04. The third-order valence-electron chi connectivity index (χ3n) is 5.21. The zero-order valence-electron chi connectivity index (χ0n) is 15.2. The molecule has 1 atom stereocenters. The zero-order chi connectivity index (χ0) is 18.5. The molecule has 1 unspecified atom stereocenters. The van der Waals surface area contributed by atoms with E-state index < -0.39 is 5.97 Å². The van der Waals surface area contributed by atoms with Crippen molar-refractivity contribution in [3.05, 3.63) is 48.0 Å². The van der Waals surface area contributed by atoms with Crippen molar-refractivity contribution in [3.8, 4) is 0 Å². The van der Waals surface area contributed by atoms with Crippen molar-refractivity contribution in [3.63, 3.8) is 0 Å². The fourth-order valence-corrected chi connectivity index (χ4v) is 3.92. The Hall–Kier alpha value is -2.40. The molecular formula is C21H26N2O3. The summed E-state index contributed by atoms with van der Waals surface area (Å²) in [5.41, 5.74) is 1.32. The smallest absolute Gasteiger partial charge is 0.323 e. The lowest BCUT2D eigenvalue weighted by Gasteiger charge is -2.29. The Bertz CT molecular complexity index is 784. The van der Waals surface area contributed by atoms with Gasteiger partial charge in [0.15, 0.2) is 0 Å². The van der Waals surface area contributed by atoms with Crippen LogP contribution in [0.3, 0.4) is 0 Å². The Morgan fingerprint density at radius 3 is 2.65 bits per heavy atom. The van der Waals surface area contributed by atoms with Gasteiger partial charge in [0, 0.05) is 26.1 Å². The first-order valence-corrected chi connectivity index (χ1v) is 9.22. The maximum absolute atomic E-state index is 11.9. The molecule has 1 saturated heterocycles. The molecule has 0 radical (unpaired) electrons. The minimum absolute atomic E-state index is 0.0149. The molecule has 138 valence electrons. The SMILES string of the molecule is CC(=O)N(CC(=O)O)C1CCCN(Cc2cccc3ccccc23)CC1. The Labute approximate surface area is 154 Å². The third kappa shape index (κ3) is 4.41. The molecule has 1 aliphatic rings. The number of hydrogen-bond donors (Lipinski definition) is 1. The van der Waals surface area contributed by atoms with E-state index in [0.29, 0.717) is 0 Å². The van der Waals surface area contributed by atoms with E-state index in [1.807, 2.05) is 0 Å². The number of rotatable bonds is 5. The maximum Gasteiger partial charge on any atom is 0.323 e. The summed E-state index contributed by atoms with van der Waals surface area (Å²) in [6.07, 6.45) is 2.65. The van der Waals surface area contributed by atoms with Crippen LogP contribution in [-0.4, -0.2) is 52.5 Å². The molecular weight excluding hydrogens is 328 g/mol. The van der Waals surface area contributed by atoms with Crippen molar-refractivity contribution in [2.24, 2.45) is 0 Å². The summed E-state index contributed by atoms with van der Waals surface area (Å²) in [6, 6.07) is 14.8. The summed E-state index contributed by atoms with van der Waals surface area (Å²) in [7, 11) is 0. The molecule has 1 aliphatic heterocycles. The second-order valence-electron chi connectivity index (χ2n) is 7.04. The number of benzene rings is 2. The van der Waals surface area contributed by atoms with E-state index in [1.165, 1.54) is 28.2 Å². The third-order valence-corrected chi connectivity index (χ3v) is 5.21. The van der Waals surface area contributed by atoms with E-state index in [2.05, 4.69) is 47.4 Å². The summed E-state index contributed by atoms with van der Waals surface area (Å²) < 4.78 is 0. The number of carbonyl (C=O) groups is 2. The van der Waals surface area contributed by atoms with E-state index in [4.69, 9.17) is 5.11 Å². The van der Waals surface area contributed by atoms with E-state index in [0.717, 1.165) is 38.9 Å². The molecule has 2 aromatic carbocycles. The maximum atomic E-state index is 11.9. The van der Waals surface area contributed by atoms with Gasteiger partial charge in [-0.1, -0.05) is 42.5 Å². The van der Waals surface area contributed by atoms with Crippen LogP contribution >= 0.6 is 0 Å². The van der Waals surface area contributed by atoms with E-state index in [9.17, 15) is 9.59 Å². The number of carbonyl (C=O) groups excluding carboxylic acids is 1. The van der Waals surface area contributed by atoms with Crippen molar-refractivity contribution >= 4 is 22.6 Å². The highest BCUT2D eigenvalue weighted by Gasteiger charge is 2.26. The van der Waals surface area contributed by atoms with Crippen molar-refractivity contribution < 1.29 is 14.7 Å². The largest absolute Gasteiger partial charge is 0.480 e. The summed E-state index contributed by atoms with van der Waals surface area (Å²) >= 11 is 0. The predicted octanol–water partition coefficient (Wildman–Crippen LogP) is 3.13. The minimum atomic E-state index is -0.947. The highest BCUT2D eigenvalue weighted by Crippen LogP contribution is 2.23. The van der Waals surface area contributed by atoms with Gasteiger partial charge in [-0.05, 0) is 42.1 Å². The molecule has 26 heavy (non-hydrogen) atoms. The highest BCUT2D eigenvalue weighted by molar-refractivity contribution is 5.85. The van der Waals surface area contributed by atoms with Crippen molar-refractivity contribution in [2.45, 2.75) is 38.8 Å². The number of fused-ring (bicyclic) bond motifs is 1. The molecule has 2 aromatic rings. The second kappa shape index (κ2) is 8.32. The lowest BCUT2D eigenvalue weighted by atomic mass is 10.0. The number of aliphatic carboxylic acids is 1. The van der Waals surface area contributed by atoms with E-state index in [1.54, 1.807) is 0 Å². The quantitative estimate of drug-likeness (QED) is 0.896. The Balaban J connectivity index is 1.68. The van der Waals surface area contributed by atoms with Gasteiger partial charge in [-0.25, -0.2) is 0 Å². The average molecular weight is 354 g/mol. The number of likely N-dealkylation sites (tertiary alicyclic amines) is 1. The highest BCUT2D eigenvalue weighted by atomic mass is 16.4. The van der Waals surface area contributed by atoms with Crippen molar-refractivity contribution in [1.82, 2.24) is 9.80 Å². The standard InChI is InChI=1S/C21H26N2O3/c1-16(24)23(15-21(25)26)19-9-5-12-22(13-11-19)14-18-8-4-7-17-6-2-3-10-20(17)18/h2-4,6-8,10,19H,5,9,11-15H2,1H3,(H,25,26). The first-order chi connectivity index (χ1) is 12.5. The van der Waals surface area contributed by atoms with Gasteiger partial charge in [-0.3, -0.25) is 14.5 Å². The molecule has 3 rings (SSSR count). The van der Waals surface area contributed by atoms with E-state index >= 15 is 0 Å². The van der Waals surface area contributed by atoms with Crippen LogP contribution in [0, 0.1) is 0 Å². The van der Waals surface area contributed by atoms with Crippen LogP contribution < -0.4 is 0 Å². The van der Waals surface area contributed by atoms with Crippen LogP contribution in [0.5, 0.6) is 0 Å². The molecule has 0 saturated carbocycles. The zero-order valence-corrected chi connectivity index (χ0v) is 15.2. The van der Waals surface area contributed by atoms with Crippen LogP contribution in [0.1, 0.15) is 31.7 Å².